The molecule has 0 aliphatic heterocycles. The molecule has 0 aliphatic rings. The van der Waals surface area contributed by atoms with Gasteiger partial charge in [0.05, 0.1) is 22.1 Å². The maximum atomic E-state index is 13.9. The minimum atomic E-state index is -1.34. The Labute approximate surface area is 121 Å². The zero-order valence-electron chi connectivity index (χ0n) is 9.77. The van der Waals surface area contributed by atoms with Crippen LogP contribution in [0.5, 0.6) is 0 Å². The first kappa shape index (κ1) is 13.9. The fraction of sp³-hybridized carbons (Fsp3) is 0.0714. The molecule has 0 radical (unpaired) electrons. The molecule has 0 heterocycles. The summed E-state index contributed by atoms with van der Waals surface area (Å²) < 4.78 is 26.8. The summed E-state index contributed by atoms with van der Waals surface area (Å²) in [6.45, 7) is 0. The third-order valence-electron chi connectivity index (χ3n) is 2.54. The molecule has 19 heavy (non-hydrogen) atoms. The Morgan fingerprint density at radius 2 is 2.00 bits per heavy atom. The van der Waals surface area contributed by atoms with Gasteiger partial charge in [-0.1, -0.05) is 34.1 Å². The van der Waals surface area contributed by atoms with Gasteiger partial charge in [0.15, 0.2) is 0 Å². The fourth-order valence-electron chi connectivity index (χ4n) is 1.61. The predicted molar refractivity (Wildman–Crippen MR) is 75.4 cm³/mol. The zero-order chi connectivity index (χ0) is 13.8. The van der Waals surface area contributed by atoms with Crippen LogP contribution in [0.3, 0.4) is 0 Å². The lowest BCUT2D eigenvalue weighted by molar-refractivity contribution is 0.611. The third kappa shape index (κ3) is 3.28. The molecular weight excluding hydrogens is 329 g/mol. The quantitative estimate of drug-likeness (QED) is 0.855. The smallest absolute Gasteiger partial charge is 0.145 e. The van der Waals surface area contributed by atoms with Crippen LogP contribution in [0.1, 0.15) is 11.1 Å². The number of hydrogen-bond donors (Lipinski definition) is 0. The van der Waals surface area contributed by atoms with Gasteiger partial charge in [-0.15, -0.1) is 0 Å². The van der Waals surface area contributed by atoms with E-state index in [1.807, 2.05) is 6.07 Å². The van der Waals surface area contributed by atoms with Crippen LogP contribution in [-0.4, -0.2) is 4.21 Å². The standard InChI is InChI=1S/C14H9BrFNOS/c15-12-5-2-6-13(7-12)19(18)9-11-4-1-3-10(8-17)14(11)16/h1-7H,9H2. The Hall–Kier alpha value is -1.51. The van der Waals surface area contributed by atoms with Gasteiger partial charge in [0.1, 0.15) is 11.9 Å². The highest BCUT2D eigenvalue weighted by Gasteiger charge is 2.12. The van der Waals surface area contributed by atoms with Gasteiger partial charge in [0.2, 0.25) is 0 Å². The molecule has 0 saturated carbocycles. The van der Waals surface area contributed by atoms with Crippen molar-refractivity contribution in [2.45, 2.75) is 10.6 Å². The van der Waals surface area contributed by atoms with Crippen LogP contribution in [0.4, 0.5) is 4.39 Å². The molecule has 0 aromatic heterocycles. The average molecular weight is 338 g/mol. The SMILES string of the molecule is N#Cc1cccc(CS(=O)c2cccc(Br)c2)c1F. The number of rotatable bonds is 3. The largest absolute Gasteiger partial charge is 0.254 e. The minimum Gasteiger partial charge on any atom is -0.254 e. The van der Waals surface area contributed by atoms with Crippen molar-refractivity contribution in [3.05, 3.63) is 63.9 Å². The molecule has 1 atom stereocenters. The van der Waals surface area contributed by atoms with Gasteiger partial charge in [-0.2, -0.15) is 5.26 Å². The molecule has 0 N–H and O–H groups in total. The Kier molecular flexibility index (Phi) is 4.46. The molecule has 0 spiro atoms. The highest BCUT2D eigenvalue weighted by Crippen LogP contribution is 2.20. The number of nitrogens with zero attached hydrogens (tertiary/aromatic N) is 1. The van der Waals surface area contributed by atoms with E-state index in [0.717, 1.165) is 4.47 Å². The zero-order valence-corrected chi connectivity index (χ0v) is 12.2. The van der Waals surface area contributed by atoms with E-state index >= 15 is 0 Å². The van der Waals surface area contributed by atoms with Crippen LogP contribution in [-0.2, 0) is 16.6 Å². The second kappa shape index (κ2) is 6.09. The topological polar surface area (TPSA) is 40.9 Å². The van der Waals surface area contributed by atoms with Crippen molar-refractivity contribution in [1.29, 1.82) is 5.26 Å². The molecule has 0 bridgehead atoms. The van der Waals surface area contributed by atoms with Gasteiger partial charge in [0, 0.05) is 14.9 Å². The Balaban J connectivity index is 2.27. The van der Waals surface area contributed by atoms with E-state index in [1.165, 1.54) is 6.07 Å². The van der Waals surface area contributed by atoms with Gasteiger partial charge >= 0.3 is 0 Å². The fourth-order valence-corrected chi connectivity index (χ4v) is 3.32. The van der Waals surface area contributed by atoms with Crippen LogP contribution in [0.15, 0.2) is 51.8 Å². The highest BCUT2D eigenvalue weighted by molar-refractivity contribution is 9.10. The van der Waals surface area contributed by atoms with E-state index in [2.05, 4.69) is 15.9 Å². The molecule has 0 amide bonds. The lowest BCUT2D eigenvalue weighted by atomic mass is 10.1. The summed E-state index contributed by atoms with van der Waals surface area (Å²) in [6, 6.07) is 13.4. The summed E-state index contributed by atoms with van der Waals surface area (Å²) in [5.41, 5.74) is 0.265. The van der Waals surface area contributed by atoms with E-state index < -0.39 is 16.6 Å². The van der Waals surface area contributed by atoms with Crippen molar-refractivity contribution in [2.24, 2.45) is 0 Å². The summed E-state index contributed by atoms with van der Waals surface area (Å²) in [7, 11) is -1.34. The summed E-state index contributed by atoms with van der Waals surface area (Å²) in [5, 5.41) is 8.76. The summed E-state index contributed by atoms with van der Waals surface area (Å²) in [5.74, 6) is -0.536. The first-order valence-electron chi connectivity index (χ1n) is 5.43. The van der Waals surface area contributed by atoms with Gasteiger partial charge in [-0.3, -0.25) is 4.21 Å². The monoisotopic (exact) mass is 337 g/mol. The lowest BCUT2D eigenvalue weighted by Crippen LogP contribution is -2.00. The second-order valence-electron chi connectivity index (χ2n) is 3.84. The van der Waals surface area contributed by atoms with E-state index in [0.29, 0.717) is 4.90 Å². The Morgan fingerprint density at radius 3 is 2.68 bits per heavy atom. The Morgan fingerprint density at radius 1 is 1.26 bits per heavy atom. The molecule has 1 unspecified atom stereocenters. The van der Waals surface area contributed by atoms with Crippen LogP contribution >= 0.6 is 15.9 Å². The summed E-state index contributed by atoms with van der Waals surface area (Å²) in [6.07, 6.45) is 0. The van der Waals surface area contributed by atoms with Crippen LogP contribution in [0.25, 0.3) is 0 Å². The summed E-state index contributed by atoms with van der Waals surface area (Å²) >= 11 is 3.30. The Bertz CT molecular complexity index is 681. The molecule has 96 valence electrons. The number of benzene rings is 2. The summed E-state index contributed by atoms with van der Waals surface area (Å²) in [4.78, 5) is 0.621. The van der Waals surface area contributed by atoms with Gasteiger partial charge in [-0.25, -0.2) is 4.39 Å². The first-order chi connectivity index (χ1) is 9.11. The van der Waals surface area contributed by atoms with Crippen LogP contribution in [0.2, 0.25) is 0 Å². The normalized spacial score (nSPS) is 11.8. The molecule has 2 rings (SSSR count). The third-order valence-corrected chi connectivity index (χ3v) is 4.39. The molecule has 5 heteroatoms. The molecule has 2 aromatic carbocycles. The molecule has 2 nitrogen and oxygen atoms in total. The van der Waals surface area contributed by atoms with Crippen LogP contribution < -0.4 is 0 Å². The van der Waals surface area contributed by atoms with Crippen molar-refractivity contribution < 1.29 is 8.60 Å². The molecule has 0 fully saturated rings. The van der Waals surface area contributed by atoms with Gasteiger partial charge in [-0.05, 0) is 24.3 Å². The van der Waals surface area contributed by atoms with Crippen molar-refractivity contribution in [3.8, 4) is 6.07 Å². The molecule has 2 aromatic rings. The van der Waals surface area contributed by atoms with Crippen LogP contribution in [0, 0.1) is 17.1 Å². The average Bonchev–Trinajstić information content (AvgIpc) is 2.41. The van der Waals surface area contributed by atoms with E-state index in [-0.39, 0.29) is 16.9 Å². The van der Waals surface area contributed by atoms with Crippen molar-refractivity contribution in [1.82, 2.24) is 0 Å². The molecular formula is C14H9BrFNOS. The molecule has 0 saturated heterocycles. The van der Waals surface area contributed by atoms with E-state index in [9.17, 15) is 8.60 Å². The lowest BCUT2D eigenvalue weighted by Gasteiger charge is -2.05. The number of hydrogen-bond acceptors (Lipinski definition) is 2. The van der Waals surface area contributed by atoms with Gasteiger partial charge in [0.25, 0.3) is 0 Å². The first-order valence-corrected chi connectivity index (χ1v) is 7.54. The number of halogens is 2. The predicted octanol–water partition coefficient (Wildman–Crippen LogP) is 3.77. The minimum absolute atomic E-state index is 0.0243. The molecule has 0 aliphatic carbocycles. The van der Waals surface area contributed by atoms with Crippen molar-refractivity contribution in [2.75, 3.05) is 0 Å². The second-order valence-corrected chi connectivity index (χ2v) is 6.20. The van der Waals surface area contributed by atoms with Crippen molar-refractivity contribution >= 4 is 26.7 Å². The van der Waals surface area contributed by atoms with Gasteiger partial charge < -0.3 is 0 Å². The maximum absolute atomic E-state index is 13.9. The van der Waals surface area contributed by atoms with E-state index in [1.54, 1.807) is 36.4 Å². The van der Waals surface area contributed by atoms with E-state index in [4.69, 9.17) is 5.26 Å². The maximum Gasteiger partial charge on any atom is 0.145 e. The van der Waals surface area contributed by atoms with Crippen molar-refractivity contribution in [3.63, 3.8) is 0 Å². The highest BCUT2D eigenvalue weighted by atomic mass is 79.9. The number of nitriles is 1.